The summed E-state index contributed by atoms with van der Waals surface area (Å²) >= 11 is 0. The van der Waals surface area contributed by atoms with E-state index in [2.05, 4.69) is 11.2 Å². The Kier molecular flexibility index (Phi) is 5.64. The summed E-state index contributed by atoms with van der Waals surface area (Å²) in [7, 11) is 0. The smallest absolute Gasteiger partial charge is 0.0506 e. The molecule has 1 aliphatic rings. The zero-order valence-corrected chi connectivity index (χ0v) is 8.22. The number of piperidine rings is 1. The lowest BCUT2D eigenvalue weighted by Crippen LogP contribution is -2.32. The summed E-state index contributed by atoms with van der Waals surface area (Å²) in [5, 5.41) is 3.37. The minimum absolute atomic E-state index is 0.722. The van der Waals surface area contributed by atoms with Gasteiger partial charge in [-0.1, -0.05) is 0 Å². The number of terminal acetylenes is 1. The van der Waals surface area contributed by atoms with Crippen molar-refractivity contribution in [3.05, 3.63) is 0 Å². The monoisotopic (exact) mass is 181 g/mol. The molecule has 1 atom stereocenters. The maximum atomic E-state index is 5.54. The van der Waals surface area contributed by atoms with Crippen molar-refractivity contribution >= 4 is 0 Å². The van der Waals surface area contributed by atoms with Crippen molar-refractivity contribution in [2.24, 2.45) is 5.92 Å². The minimum atomic E-state index is 0.722. The second kappa shape index (κ2) is 6.94. The van der Waals surface area contributed by atoms with E-state index in [4.69, 9.17) is 11.2 Å². The van der Waals surface area contributed by atoms with Crippen LogP contribution in [0, 0.1) is 18.3 Å². The third kappa shape index (κ3) is 4.92. The van der Waals surface area contributed by atoms with E-state index in [1.54, 1.807) is 0 Å². The van der Waals surface area contributed by atoms with Gasteiger partial charge in [-0.2, -0.15) is 0 Å². The van der Waals surface area contributed by atoms with Crippen molar-refractivity contribution < 1.29 is 4.74 Å². The molecule has 1 heterocycles. The molecule has 1 aliphatic heterocycles. The van der Waals surface area contributed by atoms with E-state index < -0.39 is 0 Å². The van der Waals surface area contributed by atoms with Crippen LogP contribution in [-0.4, -0.2) is 26.3 Å². The summed E-state index contributed by atoms with van der Waals surface area (Å²) in [6, 6.07) is 0. The molecule has 0 aromatic rings. The highest BCUT2D eigenvalue weighted by Gasteiger charge is 2.12. The second-order valence-corrected chi connectivity index (χ2v) is 3.59. The lowest BCUT2D eigenvalue weighted by molar-refractivity contribution is 0.0889. The lowest BCUT2D eigenvalue weighted by Gasteiger charge is -2.22. The fraction of sp³-hybridized carbons (Fsp3) is 0.818. The summed E-state index contributed by atoms with van der Waals surface area (Å²) in [6.07, 6.45) is 9.57. The molecule has 0 aromatic heterocycles. The van der Waals surface area contributed by atoms with Gasteiger partial charge in [-0.3, -0.25) is 0 Å². The van der Waals surface area contributed by atoms with E-state index in [1.165, 1.54) is 19.4 Å². The first-order valence-electron chi connectivity index (χ1n) is 5.15. The Hall–Kier alpha value is -0.520. The molecular formula is C11H19NO. The first-order valence-corrected chi connectivity index (χ1v) is 5.15. The molecule has 13 heavy (non-hydrogen) atoms. The summed E-state index contributed by atoms with van der Waals surface area (Å²) in [5.41, 5.74) is 0. The fourth-order valence-electron chi connectivity index (χ4n) is 1.59. The Bertz CT molecular complexity index is 156. The Labute approximate surface area is 81.0 Å². The molecule has 0 bridgehead atoms. The SMILES string of the molecule is C#CCCCOCC1CCCNC1. The highest BCUT2D eigenvalue weighted by molar-refractivity contribution is 4.82. The number of hydrogen-bond acceptors (Lipinski definition) is 2. The summed E-state index contributed by atoms with van der Waals surface area (Å²) in [5.74, 6) is 3.34. The van der Waals surface area contributed by atoms with Gasteiger partial charge in [0.25, 0.3) is 0 Å². The van der Waals surface area contributed by atoms with Gasteiger partial charge in [-0.05, 0) is 31.7 Å². The molecule has 1 N–H and O–H groups in total. The average Bonchev–Trinajstić information content (AvgIpc) is 2.19. The topological polar surface area (TPSA) is 21.3 Å². The molecule has 1 unspecified atom stereocenters. The van der Waals surface area contributed by atoms with Gasteiger partial charge in [0.15, 0.2) is 0 Å². The van der Waals surface area contributed by atoms with Crippen LogP contribution in [0.1, 0.15) is 25.7 Å². The predicted molar refractivity (Wildman–Crippen MR) is 54.5 cm³/mol. The number of rotatable bonds is 5. The van der Waals surface area contributed by atoms with Gasteiger partial charge in [-0.25, -0.2) is 0 Å². The Balaban J connectivity index is 1.90. The van der Waals surface area contributed by atoms with Gasteiger partial charge in [-0.15, -0.1) is 12.3 Å². The van der Waals surface area contributed by atoms with E-state index in [0.29, 0.717) is 0 Å². The first kappa shape index (κ1) is 10.6. The van der Waals surface area contributed by atoms with Crippen molar-refractivity contribution in [3.8, 4) is 12.3 Å². The second-order valence-electron chi connectivity index (χ2n) is 3.59. The van der Waals surface area contributed by atoms with Crippen molar-refractivity contribution in [2.45, 2.75) is 25.7 Å². The van der Waals surface area contributed by atoms with Crippen LogP contribution in [0.2, 0.25) is 0 Å². The highest BCUT2D eigenvalue weighted by Crippen LogP contribution is 2.09. The minimum Gasteiger partial charge on any atom is -0.381 e. The maximum Gasteiger partial charge on any atom is 0.0506 e. The van der Waals surface area contributed by atoms with E-state index >= 15 is 0 Å². The quantitative estimate of drug-likeness (QED) is 0.511. The maximum absolute atomic E-state index is 5.54. The number of hydrogen-bond donors (Lipinski definition) is 1. The van der Waals surface area contributed by atoms with Crippen molar-refractivity contribution in [1.29, 1.82) is 0 Å². The summed E-state index contributed by atoms with van der Waals surface area (Å²) in [4.78, 5) is 0. The molecule has 2 heteroatoms. The lowest BCUT2D eigenvalue weighted by atomic mass is 10.0. The van der Waals surface area contributed by atoms with Crippen molar-refractivity contribution in [1.82, 2.24) is 5.32 Å². The normalized spacial score (nSPS) is 22.5. The molecule has 0 saturated carbocycles. The van der Waals surface area contributed by atoms with E-state index in [-0.39, 0.29) is 0 Å². The molecular weight excluding hydrogens is 162 g/mol. The standard InChI is InChI=1S/C11H19NO/c1-2-3-4-8-13-10-11-6-5-7-12-9-11/h1,11-12H,3-10H2. The van der Waals surface area contributed by atoms with Gasteiger partial charge in [0.2, 0.25) is 0 Å². The molecule has 2 nitrogen and oxygen atoms in total. The number of unbranched alkanes of at least 4 members (excludes halogenated alkanes) is 1. The Morgan fingerprint density at radius 2 is 2.46 bits per heavy atom. The summed E-state index contributed by atoms with van der Waals surface area (Å²) < 4.78 is 5.54. The van der Waals surface area contributed by atoms with Gasteiger partial charge in [0, 0.05) is 19.6 Å². The Morgan fingerprint density at radius 3 is 3.15 bits per heavy atom. The zero-order valence-electron chi connectivity index (χ0n) is 8.22. The molecule has 0 radical (unpaired) electrons. The van der Waals surface area contributed by atoms with Gasteiger partial charge < -0.3 is 10.1 Å². The van der Waals surface area contributed by atoms with Crippen LogP contribution < -0.4 is 5.32 Å². The van der Waals surface area contributed by atoms with Crippen LogP contribution in [0.15, 0.2) is 0 Å². The zero-order chi connectivity index (χ0) is 9.36. The summed E-state index contributed by atoms with van der Waals surface area (Å²) in [6.45, 7) is 4.01. The van der Waals surface area contributed by atoms with Crippen LogP contribution in [0.3, 0.4) is 0 Å². The van der Waals surface area contributed by atoms with Gasteiger partial charge >= 0.3 is 0 Å². The van der Waals surface area contributed by atoms with Gasteiger partial charge in [0.1, 0.15) is 0 Å². The predicted octanol–water partition coefficient (Wildman–Crippen LogP) is 1.42. The molecule has 74 valence electrons. The molecule has 1 rings (SSSR count). The van der Waals surface area contributed by atoms with Crippen LogP contribution >= 0.6 is 0 Å². The highest BCUT2D eigenvalue weighted by atomic mass is 16.5. The van der Waals surface area contributed by atoms with Crippen LogP contribution in [-0.2, 0) is 4.74 Å². The number of ether oxygens (including phenoxy) is 1. The third-order valence-corrected chi connectivity index (χ3v) is 2.36. The first-order chi connectivity index (χ1) is 6.43. The van der Waals surface area contributed by atoms with E-state index in [0.717, 1.165) is 38.5 Å². The van der Waals surface area contributed by atoms with Gasteiger partial charge in [0.05, 0.1) is 6.61 Å². The fourth-order valence-corrected chi connectivity index (χ4v) is 1.59. The van der Waals surface area contributed by atoms with E-state index in [9.17, 15) is 0 Å². The number of nitrogens with one attached hydrogen (secondary N) is 1. The molecule has 0 amide bonds. The molecule has 0 aromatic carbocycles. The molecule has 0 spiro atoms. The van der Waals surface area contributed by atoms with Crippen LogP contribution in [0.5, 0.6) is 0 Å². The molecule has 0 aliphatic carbocycles. The van der Waals surface area contributed by atoms with E-state index in [1.807, 2.05) is 0 Å². The molecule has 1 saturated heterocycles. The van der Waals surface area contributed by atoms with Crippen LogP contribution in [0.4, 0.5) is 0 Å². The van der Waals surface area contributed by atoms with Crippen LogP contribution in [0.25, 0.3) is 0 Å². The molecule has 1 fully saturated rings. The largest absolute Gasteiger partial charge is 0.381 e. The van der Waals surface area contributed by atoms with Crippen molar-refractivity contribution in [3.63, 3.8) is 0 Å². The third-order valence-electron chi connectivity index (χ3n) is 2.36. The van der Waals surface area contributed by atoms with Crippen molar-refractivity contribution in [2.75, 3.05) is 26.3 Å². The average molecular weight is 181 g/mol. The Morgan fingerprint density at radius 1 is 1.54 bits per heavy atom.